The molecule has 12 heavy (non-hydrogen) atoms. The SMILES string of the molecule is CC(C)(CN)CNCO[SH](=O)=O. The minimum absolute atomic E-state index is 0.0160. The molecule has 0 bridgehead atoms. The van der Waals surface area contributed by atoms with Crippen LogP contribution in [0.4, 0.5) is 0 Å². The Morgan fingerprint density at radius 1 is 1.50 bits per heavy atom. The standard InChI is InChI=1S/C6H16N2O3S/c1-6(2,3-7)4-8-5-11-12(9)10/h8,12H,3-5,7H2,1-2H3. The minimum atomic E-state index is -2.75. The van der Waals surface area contributed by atoms with Crippen LogP contribution in [0.1, 0.15) is 13.8 Å². The van der Waals surface area contributed by atoms with E-state index in [-0.39, 0.29) is 12.1 Å². The van der Waals surface area contributed by atoms with Crippen LogP contribution >= 0.6 is 0 Å². The van der Waals surface area contributed by atoms with Crippen molar-refractivity contribution in [2.45, 2.75) is 13.8 Å². The van der Waals surface area contributed by atoms with Gasteiger partial charge < -0.3 is 5.73 Å². The van der Waals surface area contributed by atoms with Crippen molar-refractivity contribution in [2.24, 2.45) is 11.1 Å². The monoisotopic (exact) mass is 196 g/mol. The second-order valence-electron chi connectivity index (χ2n) is 3.29. The smallest absolute Gasteiger partial charge is 0.258 e. The zero-order valence-electron chi connectivity index (χ0n) is 7.37. The van der Waals surface area contributed by atoms with Gasteiger partial charge in [0.25, 0.3) is 11.0 Å². The molecule has 0 saturated carbocycles. The van der Waals surface area contributed by atoms with E-state index in [2.05, 4.69) is 9.50 Å². The summed E-state index contributed by atoms with van der Waals surface area (Å²) in [6.07, 6.45) is 0. The average molecular weight is 196 g/mol. The molecular formula is C6H16N2O3S. The highest BCUT2D eigenvalue weighted by Crippen LogP contribution is 2.09. The molecule has 0 aromatic rings. The second kappa shape index (κ2) is 5.47. The van der Waals surface area contributed by atoms with Gasteiger partial charge in [0.1, 0.15) is 6.73 Å². The Hall–Kier alpha value is -0.170. The highest BCUT2D eigenvalue weighted by atomic mass is 32.2. The fraction of sp³-hybridized carbons (Fsp3) is 1.00. The molecule has 6 heteroatoms. The van der Waals surface area contributed by atoms with E-state index in [0.717, 1.165) is 0 Å². The van der Waals surface area contributed by atoms with Gasteiger partial charge in [0, 0.05) is 6.54 Å². The molecule has 0 aliphatic carbocycles. The number of nitrogens with one attached hydrogen (secondary N) is 1. The summed E-state index contributed by atoms with van der Waals surface area (Å²) in [6.45, 7) is 5.16. The second-order valence-corrected chi connectivity index (χ2v) is 4.00. The molecule has 0 unspecified atom stereocenters. The lowest BCUT2D eigenvalue weighted by Gasteiger charge is -2.21. The number of hydrogen-bond acceptors (Lipinski definition) is 5. The van der Waals surface area contributed by atoms with Crippen molar-refractivity contribution in [1.29, 1.82) is 0 Å². The molecule has 0 fully saturated rings. The predicted octanol–water partition coefficient (Wildman–Crippen LogP) is -0.939. The molecule has 5 nitrogen and oxygen atoms in total. The Morgan fingerprint density at radius 2 is 2.08 bits per heavy atom. The minimum Gasteiger partial charge on any atom is -0.330 e. The van der Waals surface area contributed by atoms with Crippen LogP contribution < -0.4 is 11.1 Å². The molecule has 0 aromatic heterocycles. The van der Waals surface area contributed by atoms with Crippen molar-refractivity contribution in [3.05, 3.63) is 0 Å². The quantitative estimate of drug-likeness (QED) is 0.290. The molecule has 0 aliphatic heterocycles. The van der Waals surface area contributed by atoms with Gasteiger partial charge in [-0.15, -0.1) is 0 Å². The van der Waals surface area contributed by atoms with Crippen molar-refractivity contribution in [1.82, 2.24) is 5.32 Å². The van der Waals surface area contributed by atoms with Crippen molar-refractivity contribution < 1.29 is 12.6 Å². The van der Waals surface area contributed by atoms with E-state index in [0.29, 0.717) is 13.1 Å². The summed E-state index contributed by atoms with van der Waals surface area (Å²) in [4.78, 5) is 0. The predicted molar refractivity (Wildman–Crippen MR) is 47.1 cm³/mol. The first kappa shape index (κ1) is 11.8. The van der Waals surface area contributed by atoms with Crippen LogP contribution in [0.15, 0.2) is 0 Å². The van der Waals surface area contributed by atoms with Gasteiger partial charge in [-0.2, -0.15) is 0 Å². The number of hydrogen-bond donors (Lipinski definition) is 3. The van der Waals surface area contributed by atoms with E-state index in [1.807, 2.05) is 13.8 Å². The van der Waals surface area contributed by atoms with E-state index < -0.39 is 11.0 Å². The van der Waals surface area contributed by atoms with E-state index in [4.69, 9.17) is 5.73 Å². The first-order valence-electron chi connectivity index (χ1n) is 3.66. The Morgan fingerprint density at radius 3 is 2.50 bits per heavy atom. The Kier molecular flexibility index (Phi) is 5.39. The maximum absolute atomic E-state index is 9.94. The van der Waals surface area contributed by atoms with Gasteiger partial charge >= 0.3 is 0 Å². The fourth-order valence-electron chi connectivity index (χ4n) is 0.560. The fourth-order valence-corrected chi connectivity index (χ4v) is 0.757. The normalized spacial score (nSPS) is 12.3. The lowest BCUT2D eigenvalue weighted by atomic mass is 9.94. The summed E-state index contributed by atoms with van der Waals surface area (Å²) in [5, 5.41) is 2.82. The molecular weight excluding hydrogens is 180 g/mol. The van der Waals surface area contributed by atoms with E-state index in [1.54, 1.807) is 0 Å². The molecule has 3 N–H and O–H groups in total. The molecule has 0 amide bonds. The van der Waals surface area contributed by atoms with Crippen LogP contribution in [0.25, 0.3) is 0 Å². The summed E-state index contributed by atoms with van der Waals surface area (Å²) in [5.41, 5.74) is 5.42. The zero-order valence-corrected chi connectivity index (χ0v) is 8.27. The maximum atomic E-state index is 9.94. The van der Waals surface area contributed by atoms with E-state index in [1.165, 1.54) is 0 Å². The molecule has 0 aliphatic rings. The van der Waals surface area contributed by atoms with Gasteiger partial charge in [-0.25, -0.2) is 8.42 Å². The molecule has 0 radical (unpaired) electrons. The average Bonchev–Trinajstić information content (AvgIpc) is 1.98. The lowest BCUT2D eigenvalue weighted by molar-refractivity contribution is 0.259. The number of nitrogens with two attached hydrogens (primary N) is 1. The van der Waals surface area contributed by atoms with Gasteiger partial charge in [-0.3, -0.25) is 9.50 Å². The van der Waals surface area contributed by atoms with Gasteiger partial charge in [0.05, 0.1) is 0 Å². The third-order valence-electron chi connectivity index (χ3n) is 1.43. The Bertz CT molecular complexity index is 183. The summed E-state index contributed by atoms with van der Waals surface area (Å²) in [5.74, 6) is 0. The third kappa shape index (κ3) is 6.53. The molecule has 0 saturated heterocycles. The highest BCUT2D eigenvalue weighted by molar-refractivity contribution is 7.67. The van der Waals surface area contributed by atoms with Crippen LogP contribution in [0.2, 0.25) is 0 Å². The summed E-state index contributed by atoms with van der Waals surface area (Å²) >= 11 is 0. The van der Waals surface area contributed by atoms with Gasteiger partial charge in [-0.05, 0) is 12.0 Å². The van der Waals surface area contributed by atoms with Crippen LogP contribution in [-0.2, 0) is 15.2 Å². The summed E-state index contributed by atoms with van der Waals surface area (Å²) in [6, 6.07) is 0. The lowest BCUT2D eigenvalue weighted by Crippen LogP contribution is -2.36. The van der Waals surface area contributed by atoms with Crippen molar-refractivity contribution in [2.75, 3.05) is 19.8 Å². The Labute approximate surface area is 74.4 Å². The Balaban J connectivity index is 3.43. The summed E-state index contributed by atoms with van der Waals surface area (Å²) < 4.78 is 24.2. The van der Waals surface area contributed by atoms with Crippen LogP contribution in [0.3, 0.4) is 0 Å². The number of rotatable bonds is 6. The van der Waals surface area contributed by atoms with Crippen molar-refractivity contribution in [3.63, 3.8) is 0 Å². The molecule has 0 rings (SSSR count). The zero-order chi connectivity index (χ0) is 9.61. The first-order valence-corrected chi connectivity index (χ1v) is 4.75. The molecule has 0 heterocycles. The van der Waals surface area contributed by atoms with E-state index in [9.17, 15) is 8.42 Å². The van der Waals surface area contributed by atoms with Crippen molar-refractivity contribution >= 4 is 11.0 Å². The van der Waals surface area contributed by atoms with Crippen molar-refractivity contribution in [3.8, 4) is 0 Å². The molecule has 0 atom stereocenters. The largest absolute Gasteiger partial charge is 0.330 e. The third-order valence-corrected chi connectivity index (χ3v) is 1.77. The highest BCUT2D eigenvalue weighted by Gasteiger charge is 2.13. The summed E-state index contributed by atoms with van der Waals surface area (Å²) in [7, 11) is -2.75. The maximum Gasteiger partial charge on any atom is 0.258 e. The van der Waals surface area contributed by atoms with Gasteiger partial charge in [-0.1, -0.05) is 13.8 Å². The van der Waals surface area contributed by atoms with Crippen LogP contribution in [0, 0.1) is 5.41 Å². The molecule has 74 valence electrons. The van der Waals surface area contributed by atoms with Gasteiger partial charge in [0.15, 0.2) is 0 Å². The van der Waals surface area contributed by atoms with Crippen LogP contribution in [-0.4, -0.2) is 28.2 Å². The molecule has 0 aromatic carbocycles. The van der Waals surface area contributed by atoms with E-state index >= 15 is 0 Å². The van der Waals surface area contributed by atoms with Gasteiger partial charge in [0.2, 0.25) is 0 Å². The topological polar surface area (TPSA) is 81.4 Å². The van der Waals surface area contributed by atoms with Crippen LogP contribution in [0.5, 0.6) is 0 Å². The molecule has 0 spiro atoms. The number of thiol groups is 1. The first-order chi connectivity index (χ1) is 5.48.